The zero-order chi connectivity index (χ0) is 27.9. The van der Waals surface area contributed by atoms with E-state index in [1.54, 1.807) is 18.0 Å². The molecular formula is C30H35BF3NO2S. The van der Waals surface area contributed by atoms with Gasteiger partial charge in [0.05, 0.1) is 16.8 Å². The summed E-state index contributed by atoms with van der Waals surface area (Å²) < 4.78 is 54.6. The number of nitrogens with zero attached hydrogens (tertiary/aromatic N) is 1. The predicted molar refractivity (Wildman–Crippen MR) is 149 cm³/mol. The highest BCUT2D eigenvalue weighted by atomic mass is 32.2. The Kier molecular flexibility index (Phi) is 8.11. The molecule has 1 saturated heterocycles. The lowest BCUT2D eigenvalue weighted by Crippen LogP contribution is -2.41. The van der Waals surface area contributed by atoms with Gasteiger partial charge in [-0.2, -0.15) is 13.2 Å². The van der Waals surface area contributed by atoms with Gasteiger partial charge in [-0.3, -0.25) is 0 Å². The van der Waals surface area contributed by atoms with Crippen molar-refractivity contribution in [1.29, 1.82) is 0 Å². The van der Waals surface area contributed by atoms with Crippen LogP contribution in [0, 0.1) is 20.8 Å². The van der Waals surface area contributed by atoms with Crippen molar-refractivity contribution in [1.82, 2.24) is 4.31 Å². The third kappa shape index (κ3) is 6.48. The van der Waals surface area contributed by atoms with Crippen LogP contribution in [-0.2, 0) is 28.6 Å². The van der Waals surface area contributed by atoms with E-state index in [0.717, 1.165) is 33.1 Å². The van der Waals surface area contributed by atoms with Crippen LogP contribution in [0.25, 0.3) is 0 Å². The van der Waals surface area contributed by atoms with Crippen molar-refractivity contribution in [2.24, 2.45) is 0 Å². The standard InChI is InChI=1S/C30H35BF3NO2S/c1-20-15-21(2)27(22(3)16-20)38-35(19-24-9-8-10-25(17-24)30(32,33)34)18-23-11-13-26(14-12-23)31-36-28(4,5)29(6,7)37-31/h8-17H,18-19H2,1-7H3. The predicted octanol–water partition coefficient (Wildman–Crippen LogP) is 7.64. The molecule has 1 aliphatic rings. The van der Waals surface area contributed by atoms with Gasteiger partial charge < -0.3 is 9.31 Å². The van der Waals surface area contributed by atoms with Gasteiger partial charge in [-0.1, -0.05) is 60.2 Å². The summed E-state index contributed by atoms with van der Waals surface area (Å²) in [6.07, 6.45) is -4.37. The molecule has 202 valence electrons. The first-order chi connectivity index (χ1) is 17.6. The summed E-state index contributed by atoms with van der Waals surface area (Å²) in [6.45, 7) is 15.2. The first-order valence-corrected chi connectivity index (χ1v) is 13.5. The van der Waals surface area contributed by atoms with Gasteiger partial charge in [0.15, 0.2) is 0 Å². The molecule has 1 fully saturated rings. The van der Waals surface area contributed by atoms with Crippen LogP contribution >= 0.6 is 11.9 Å². The summed E-state index contributed by atoms with van der Waals surface area (Å²) in [4.78, 5) is 1.12. The summed E-state index contributed by atoms with van der Waals surface area (Å²) in [7, 11) is -0.442. The smallest absolute Gasteiger partial charge is 0.399 e. The third-order valence-electron chi connectivity index (χ3n) is 7.30. The Bertz CT molecular complexity index is 1250. The minimum atomic E-state index is -4.37. The number of benzene rings is 3. The quantitative estimate of drug-likeness (QED) is 0.226. The summed E-state index contributed by atoms with van der Waals surface area (Å²) in [5.41, 5.74) is 4.62. The number of hydrogen-bond donors (Lipinski definition) is 0. The Morgan fingerprint density at radius 2 is 1.34 bits per heavy atom. The van der Waals surface area contributed by atoms with Gasteiger partial charge >= 0.3 is 13.3 Å². The van der Waals surface area contributed by atoms with Crippen molar-refractivity contribution < 1.29 is 22.5 Å². The van der Waals surface area contributed by atoms with Crippen LogP contribution in [0.4, 0.5) is 13.2 Å². The van der Waals surface area contributed by atoms with Crippen molar-refractivity contribution in [3.8, 4) is 0 Å². The van der Waals surface area contributed by atoms with E-state index < -0.39 is 30.1 Å². The number of aryl methyl sites for hydroxylation is 3. The van der Waals surface area contributed by atoms with Gasteiger partial charge in [0, 0.05) is 18.0 Å². The van der Waals surface area contributed by atoms with Crippen molar-refractivity contribution in [3.63, 3.8) is 0 Å². The second kappa shape index (κ2) is 10.7. The topological polar surface area (TPSA) is 21.7 Å². The molecule has 1 heterocycles. The van der Waals surface area contributed by atoms with Crippen LogP contribution in [0.2, 0.25) is 0 Å². The van der Waals surface area contributed by atoms with Gasteiger partial charge in [-0.05, 0) is 94.2 Å². The second-order valence-electron chi connectivity index (χ2n) is 11.1. The van der Waals surface area contributed by atoms with Crippen molar-refractivity contribution >= 4 is 24.5 Å². The molecule has 8 heteroatoms. The largest absolute Gasteiger partial charge is 0.494 e. The van der Waals surface area contributed by atoms with E-state index in [4.69, 9.17) is 9.31 Å². The van der Waals surface area contributed by atoms with E-state index in [1.165, 1.54) is 17.7 Å². The molecule has 0 radical (unpaired) electrons. The molecule has 3 nitrogen and oxygen atoms in total. The van der Waals surface area contributed by atoms with E-state index in [2.05, 4.69) is 37.2 Å². The monoisotopic (exact) mass is 541 g/mol. The molecule has 3 aromatic rings. The van der Waals surface area contributed by atoms with Crippen molar-refractivity contribution in [2.45, 2.75) is 83.8 Å². The zero-order valence-corrected chi connectivity index (χ0v) is 23.9. The molecule has 0 unspecified atom stereocenters. The third-order valence-corrected chi connectivity index (χ3v) is 8.65. The van der Waals surface area contributed by atoms with Gasteiger partial charge in [-0.15, -0.1) is 0 Å². The molecule has 0 amide bonds. The second-order valence-corrected chi connectivity index (χ2v) is 12.3. The Hall–Kier alpha value is -2.26. The van der Waals surface area contributed by atoms with E-state index >= 15 is 0 Å². The van der Waals surface area contributed by atoms with Crippen LogP contribution in [0.15, 0.2) is 65.6 Å². The maximum atomic E-state index is 13.4. The highest BCUT2D eigenvalue weighted by Gasteiger charge is 2.51. The van der Waals surface area contributed by atoms with Gasteiger partial charge in [0.1, 0.15) is 0 Å². The maximum Gasteiger partial charge on any atom is 0.494 e. The number of hydrogen-bond acceptors (Lipinski definition) is 4. The number of alkyl halides is 3. The minimum absolute atomic E-state index is 0.361. The molecule has 0 saturated carbocycles. The average molecular weight is 541 g/mol. The first-order valence-electron chi connectivity index (χ1n) is 12.8. The Labute approximate surface area is 229 Å². The molecule has 0 spiro atoms. The summed E-state index contributed by atoms with van der Waals surface area (Å²) >= 11 is 1.59. The van der Waals surface area contributed by atoms with Crippen LogP contribution in [0.5, 0.6) is 0 Å². The van der Waals surface area contributed by atoms with Crippen molar-refractivity contribution in [2.75, 3.05) is 0 Å². The molecule has 0 aromatic heterocycles. The molecule has 38 heavy (non-hydrogen) atoms. The summed E-state index contributed by atoms with van der Waals surface area (Å²) in [5, 5.41) is 0. The van der Waals surface area contributed by atoms with Crippen LogP contribution in [0.3, 0.4) is 0 Å². The fourth-order valence-corrected chi connectivity index (χ4v) is 5.66. The van der Waals surface area contributed by atoms with E-state index in [9.17, 15) is 13.2 Å². The normalized spacial score (nSPS) is 16.9. The lowest BCUT2D eigenvalue weighted by Gasteiger charge is -2.32. The molecule has 4 rings (SSSR count). The number of rotatable bonds is 7. The lowest BCUT2D eigenvalue weighted by atomic mass is 9.79. The minimum Gasteiger partial charge on any atom is -0.399 e. The highest BCUT2D eigenvalue weighted by molar-refractivity contribution is 7.97. The summed E-state index contributed by atoms with van der Waals surface area (Å²) in [6, 6.07) is 17.9. The Morgan fingerprint density at radius 3 is 1.89 bits per heavy atom. The molecule has 0 aliphatic carbocycles. The fourth-order valence-electron chi connectivity index (χ4n) is 4.57. The number of halogens is 3. The first kappa shape index (κ1) is 28.7. The fraction of sp³-hybridized carbons (Fsp3) is 0.400. The molecule has 0 N–H and O–H groups in total. The molecule has 3 aromatic carbocycles. The Balaban J connectivity index is 1.58. The summed E-state index contributed by atoms with van der Waals surface area (Å²) in [5.74, 6) is 0. The van der Waals surface area contributed by atoms with Gasteiger partial charge in [0.2, 0.25) is 0 Å². The van der Waals surface area contributed by atoms with Gasteiger partial charge in [0.25, 0.3) is 0 Å². The zero-order valence-electron chi connectivity index (χ0n) is 23.1. The van der Waals surface area contributed by atoms with Gasteiger partial charge in [-0.25, -0.2) is 4.31 Å². The maximum absolute atomic E-state index is 13.4. The average Bonchev–Trinajstić information content (AvgIpc) is 3.03. The van der Waals surface area contributed by atoms with Crippen LogP contribution < -0.4 is 5.46 Å². The molecule has 1 aliphatic heterocycles. The van der Waals surface area contributed by atoms with Crippen molar-refractivity contribution in [3.05, 3.63) is 94.0 Å². The SMILES string of the molecule is Cc1cc(C)c(SN(Cc2ccc(B3OC(C)(C)C(C)(C)O3)cc2)Cc2cccc(C(F)(F)F)c2)c(C)c1. The van der Waals surface area contributed by atoms with Crippen LogP contribution in [-0.4, -0.2) is 22.6 Å². The lowest BCUT2D eigenvalue weighted by molar-refractivity contribution is -0.137. The molecular weight excluding hydrogens is 506 g/mol. The van der Waals surface area contributed by atoms with E-state index in [-0.39, 0.29) is 0 Å². The van der Waals surface area contributed by atoms with E-state index in [1.807, 2.05) is 52.0 Å². The highest BCUT2D eigenvalue weighted by Crippen LogP contribution is 2.37. The van der Waals surface area contributed by atoms with E-state index in [0.29, 0.717) is 18.7 Å². The molecule has 0 bridgehead atoms. The Morgan fingerprint density at radius 1 is 0.789 bits per heavy atom. The molecule has 0 atom stereocenters. The van der Waals surface area contributed by atoms with Crippen LogP contribution in [0.1, 0.15) is 61.1 Å².